The van der Waals surface area contributed by atoms with Crippen LogP contribution in [0.4, 0.5) is 0 Å². The average molecular weight is 329 g/mol. The molecule has 0 spiro atoms. The number of carbonyl (C=O) groups excluding carboxylic acids is 1. The number of aliphatic hydroxyl groups excluding tert-OH is 1. The topological polar surface area (TPSA) is 46.5 Å². The normalized spacial score (nSPS) is 13.7. The molecule has 138 valence electrons. The van der Waals surface area contributed by atoms with E-state index in [1.165, 1.54) is 70.6 Å². The lowest BCUT2D eigenvalue weighted by molar-refractivity contribution is -0.154. The maximum atomic E-state index is 11.7. The molecular formula is C20H40O3. The first-order chi connectivity index (χ1) is 11.1. The maximum absolute atomic E-state index is 11.7. The molecule has 0 aliphatic heterocycles. The molecule has 0 saturated heterocycles. The fourth-order valence-corrected chi connectivity index (χ4v) is 2.76. The Balaban J connectivity index is 3.30. The van der Waals surface area contributed by atoms with Gasteiger partial charge in [0.1, 0.15) is 6.10 Å². The predicted octanol–water partition coefficient (Wildman–Crippen LogP) is 5.64. The van der Waals surface area contributed by atoms with Gasteiger partial charge in [0.15, 0.2) is 0 Å². The first kappa shape index (κ1) is 22.4. The highest BCUT2D eigenvalue weighted by molar-refractivity contribution is 5.72. The van der Waals surface area contributed by atoms with E-state index in [1.54, 1.807) is 6.92 Å². The molecule has 0 saturated carbocycles. The van der Waals surface area contributed by atoms with Gasteiger partial charge in [-0.25, -0.2) is 0 Å². The zero-order valence-electron chi connectivity index (χ0n) is 15.8. The van der Waals surface area contributed by atoms with E-state index < -0.39 is 0 Å². The van der Waals surface area contributed by atoms with Gasteiger partial charge in [-0.05, 0) is 13.3 Å². The van der Waals surface area contributed by atoms with Crippen LogP contribution in [0.15, 0.2) is 0 Å². The molecule has 0 aliphatic carbocycles. The van der Waals surface area contributed by atoms with Gasteiger partial charge in [0, 0.05) is 0 Å². The zero-order valence-corrected chi connectivity index (χ0v) is 15.8. The Morgan fingerprint density at radius 2 is 1.26 bits per heavy atom. The molecule has 0 fully saturated rings. The van der Waals surface area contributed by atoms with Gasteiger partial charge in [-0.3, -0.25) is 4.79 Å². The quantitative estimate of drug-likeness (QED) is 0.295. The van der Waals surface area contributed by atoms with E-state index in [0.29, 0.717) is 0 Å². The SMILES string of the molecule is CCCCCCCCCCCCCCC(C)C(=O)OC(C)CO. The summed E-state index contributed by atoms with van der Waals surface area (Å²) in [6, 6.07) is 0. The van der Waals surface area contributed by atoms with Crippen molar-refractivity contribution in [1.29, 1.82) is 0 Å². The molecule has 0 aromatic rings. The minimum atomic E-state index is -0.382. The summed E-state index contributed by atoms with van der Waals surface area (Å²) in [6.45, 7) is 5.80. The van der Waals surface area contributed by atoms with Crippen LogP contribution in [-0.2, 0) is 9.53 Å². The lowest BCUT2D eigenvalue weighted by Crippen LogP contribution is -2.23. The zero-order chi connectivity index (χ0) is 17.3. The summed E-state index contributed by atoms with van der Waals surface area (Å²) in [5, 5.41) is 8.88. The second-order valence-electron chi connectivity index (χ2n) is 7.01. The number of hydrogen-bond donors (Lipinski definition) is 1. The van der Waals surface area contributed by atoms with Crippen LogP contribution in [0.3, 0.4) is 0 Å². The van der Waals surface area contributed by atoms with Crippen LogP contribution >= 0.6 is 0 Å². The number of unbranched alkanes of at least 4 members (excludes halogenated alkanes) is 11. The molecule has 0 heterocycles. The Hall–Kier alpha value is -0.570. The molecule has 2 atom stereocenters. The largest absolute Gasteiger partial charge is 0.460 e. The van der Waals surface area contributed by atoms with Crippen molar-refractivity contribution in [2.45, 2.75) is 110 Å². The van der Waals surface area contributed by atoms with Crippen LogP contribution in [0, 0.1) is 5.92 Å². The minimum Gasteiger partial charge on any atom is -0.460 e. The summed E-state index contributed by atoms with van der Waals surface area (Å²) in [5.74, 6) is -0.221. The molecule has 2 unspecified atom stereocenters. The Morgan fingerprint density at radius 3 is 1.70 bits per heavy atom. The third-order valence-electron chi connectivity index (χ3n) is 4.47. The lowest BCUT2D eigenvalue weighted by atomic mass is 10.0. The second kappa shape index (κ2) is 16.3. The first-order valence-corrected chi connectivity index (χ1v) is 9.93. The molecule has 3 nitrogen and oxygen atoms in total. The molecule has 0 radical (unpaired) electrons. The smallest absolute Gasteiger partial charge is 0.308 e. The third kappa shape index (κ3) is 14.7. The summed E-state index contributed by atoms with van der Waals surface area (Å²) in [6.07, 6.45) is 16.5. The predicted molar refractivity (Wildman–Crippen MR) is 97.5 cm³/mol. The molecule has 0 aliphatic rings. The lowest BCUT2D eigenvalue weighted by Gasteiger charge is -2.14. The summed E-state index contributed by atoms with van der Waals surface area (Å²) >= 11 is 0. The van der Waals surface area contributed by atoms with Crippen molar-refractivity contribution >= 4 is 5.97 Å². The van der Waals surface area contributed by atoms with Gasteiger partial charge in [-0.1, -0.05) is 90.9 Å². The molecule has 0 rings (SSSR count). The molecule has 0 amide bonds. The van der Waals surface area contributed by atoms with Gasteiger partial charge in [-0.2, -0.15) is 0 Å². The fraction of sp³-hybridized carbons (Fsp3) is 0.950. The molecule has 0 aromatic carbocycles. The highest BCUT2D eigenvalue weighted by Crippen LogP contribution is 2.15. The molecule has 1 N–H and O–H groups in total. The van der Waals surface area contributed by atoms with E-state index >= 15 is 0 Å². The van der Waals surface area contributed by atoms with E-state index in [0.717, 1.165) is 12.8 Å². The van der Waals surface area contributed by atoms with Crippen LogP contribution in [0.1, 0.15) is 104 Å². The van der Waals surface area contributed by atoms with E-state index in [-0.39, 0.29) is 24.6 Å². The summed E-state index contributed by atoms with van der Waals surface area (Å²) in [7, 11) is 0. The molecule has 0 aromatic heterocycles. The molecule has 23 heavy (non-hydrogen) atoms. The van der Waals surface area contributed by atoms with Crippen molar-refractivity contribution in [3.8, 4) is 0 Å². The minimum absolute atomic E-state index is 0.0490. The highest BCUT2D eigenvalue weighted by Gasteiger charge is 2.16. The van der Waals surface area contributed by atoms with Crippen LogP contribution in [-0.4, -0.2) is 23.8 Å². The summed E-state index contributed by atoms with van der Waals surface area (Å²) < 4.78 is 5.13. The Kier molecular flexibility index (Phi) is 15.9. The number of esters is 1. The molecular weight excluding hydrogens is 288 g/mol. The Labute approximate surface area is 144 Å². The van der Waals surface area contributed by atoms with Gasteiger partial charge in [-0.15, -0.1) is 0 Å². The van der Waals surface area contributed by atoms with Gasteiger partial charge in [0.05, 0.1) is 12.5 Å². The van der Waals surface area contributed by atoms with Crippen molar-refractivity contribution in [2.24, 2.45) is 5.92 Å². The van der Waals surface area contributed by atoms with Crippen LogP contribution in [0.25, 0.3) is 0 Å². The summed E-state index contributed by atoms with van der Waals surface area (Å²) in [4.78, 5) is 11.7. The standard InChI is InChI=1S/C20H40O3/c1-4-5-6-7-8-9-10-11-12-13-14-15-16-18(2)20(22)23-19(3)17-21/h18-19,21H,4-17H2,1-3H3. The fourth-order valence-electron chi connectivity index (χ4n) is 2.76. The number of ether oxygens (including phenoxy) is 1. The van der Waals surface area contributed by atoms with Crippen molar-refractivity contribution in [3.63, 3.8) is 0 Å². The van der Waals surface area contributed by atoms with Gasteiger partial charge < -0.3 is 9.84 Å². The van der Waals surface area contributed by atoms with E-state index in [2.05, 4.69) is 6.92 Å². The van der Waals surface area contributed by atoms with Crippen molar-refractivity contribution in [1.82, 2.24) is 0 Å². The van der Waals surface area contributed by atoms with Crippen LogP contribution < -0.4 is 0 Å². The van der Waals surface area contributed by atoms with E-state index in [9.17, 15) is 4.79 Å². The van der Waals surface area contributed by atoms with Gasteiger partial charge >= 0.3 is 5.97 Å². The molecule has 3 heteroatoms. The highest BCUT2D eigenvalue weighted by atomic mass is 16.6. The second-order valence-corrected chi connectivity index (χ2v) is 7.01. The Bertz CT molecular complexity index is 266. The number of carbonyl (C=O) groups is 1. The third-order valence-corrected chi connectivity index (χ3v) is 4.47. The summed E-state index contributed by atoms with van der Waals surface area (Å²) in [5.41, 5.74) is 0. The first-order valence-electron chi connectivity index (χ1n) is 9.93. The van der Waals surface area contributed by atoms with E-state index in [4.69, 9.17) is 9.84 Å². The average Bonchev–Trinajstić information content (AvgIpc) is 2.55. The van der Waals surface area contributed by atoms with Crippen LogP contribution in [0.2, 0.25) is 0 Å². The van der Waals surface area contributed by atoms with Gasteiger partial charge in [0.25, 0.3) is 0 Å². The van der Waals surface area contributed by atoms with Crippen molar-refractivity contribution in [2.75, 3.05) is 6.61 Å². The number of rotatable bonds is 16. The van der Waals surface area contributed by atoms with Gasteiger partial charge in [0.2, 0.25) is 0 Å². The number of hydrogen-bond acceptors (Lipinski definition) is 3. The maximum Gasteiger partial charge on any atom is 0.308 e. The van der Waals surface area contributed by atoms with Crippen molar-refractivity contribution < 1.29 is 14.6 Å². The molecule has 0 bridgehead atoms. The van der Waals surface area contributed by atoms with E-state index in [1.807, 2.05) is 6.92 Å². The Morgan fingerprint density at radius 1 is 0.826 bits per heavy atom. The van der Waals surface area contributed by atoms with Crippen LogP contribution in [0.5, 0.6) is 0 Å². The number of aliphatic hydroxyl groups is 1. The van der Waals surface area contributed by atoms with Crippen molar-refractivity contribution in [3.05, 3.63) is 0 Å². The monoisotopic (exact) mass is 328 g/mol.